The maximum atomic E-state index is 12.6. The van der Waals surface area contributed by atoms with Gasteiger partial charge >= 0.3 is 6.03 Å². The molecule has 0 radical (unpaired) electrons. The summed E-state index contributed by atoms with van der Waals surface area (Å²) in [5, 5.41) is 5.83. The fraction of sp³-hybridized carbons (Fsp3) is 0.368. The number of furan rings is 1. The summed E-state index contributed by atoms with van der Waals surface area (Å²) in [5.74, 6) is 0.144. The molecule has 2 N–H and O–H groups in total. The molecule has 136 valence electrons. The zero-order valence-corrected chi connectivity index (χ0v) is 14.4. The first-order valence-electron chi connectivity index (χ1n) is 8.84. The van der Waals surface area contributed by atoms with Gasteiger partial charge in [0.05, 0.1) is 6.26 Å². The van der Waals surface area contributed by atoms with E-state index >= 15 is 0 Å². The molecule has 2 aromatic rings. The molecular weight excluding hydrogens is 334 g/mol. The van der Waals surface area contributed by atoms with Crippen molar-refractivity contribution in [1.29, 1.82) is 0 Å². The van der Waals surface area contributed by atoms with Gasteiger partial charge in [0.25, 0.3) is 5.91 Å². The largest absolute Gasteiger partial charge is 0.459 e. The number of rotatable bonds is 3. The Morgan fingerprint density at radius 2 is 2.00 bits per heavy atom. The fourth-order valence-electron chi connectivity index (χ4n) is 3.40. The fourth-order valence-corrected chi connectivity index (χ4v) is 3.40. The van der Waals surface area contributed by atoms with Crippen molar-refractivity contribution in [2.75, 3.05) is 30.0 Å². The molecular formula is C19H21N3O4. The maximum absolute atomic E-state index is 12.6. The summed E-state index contributed by atoms with van der Waals surface area (Å²) in [7, 11) is 0. The van der Waals surface area contributed by atoms with Crippen LogP contribution in [0.1, 0.15) is 29.0 Å². The molecule has 1 aromatic heterocycles. The van der Waals surface area contributed by atoms with Crippen LogP contribution >= 0.6 is 0 Å². The lowest BCUT2D eigenvalue weighted by Gasteiger charge is -2.23. The van der Waals surface area contributed by atoms with Gasteiger partial charge in [-0.25, -0.2) is 4.79 Å². The van der Waals surface area contributed by atoms with Crippen molar-refractivity contribution < 1.29 is 18.7 Å². The number of amides is 3. The van der Waals surface area contributed by atoms with Crippen molar-refractivity contribution >= 4 is 23.3 Å². The molecule has 0 spiro atoms. The Morgan fingerprint density at radius 3 is 2.77 bits per heavy atom. The van der Waals surface area contributed by atoms with Crippen LogP contribution in [0.5, 0.6) is 0 Å². The van der Waals surface area contributed by atoms with Crippen LogP contribution in [0.4, 0.5) is 16.2 Å². The lowest BCUT2D eigenvalue weighted by atomic mass is 10.1. The summed E-state index contributed by atoms with van der Waals surface area (Å²) in [6, 6.07) is 8.91. The first kappa shape index (κ1) is 16.7. The zero-order chi connectivity index (χ0) is 17.9. The molecule has 0 unspecified atom stereocenters. The number of benzene rings is 1. The number of carbonyl (C=O) groups excluding carboxylic acids is 2. The minimum absolute atomic E-state index is 0.134. The Hall–Kier alpha value is -2.80. The van der Waals surface area contributed by atoms with Gasteiger partial charge in [-0.1, -0.05) is 6.07 Å². The highest BCUT2D eigenvalue weighted by molar-refractivity contribution is 6.06. The van der Waals surface area contributed by atoms with Crippen LogP contribution in [0, 0.1) is 0 Å². The maximum Gasteiger partial charge on any atom is 0.319 e. The monoisotopic (exact) mass is 355 g/mol. The highest BCUT2D eigenvalue weighted by Crippen LogP contribution is 2.32. The highest BCUT2D eigenvalue weighted by atomic mass is 16.5. The van der Waals surface area contributed by atoms with Gasteiger partial charge in [-0.2, -0.15) is 0 Å². The molecule has 0 saturated carbocycles. The van der Waals surface area contributed by atoms with E-state index in [0.717, 1.165) is 30.5 Å². The van der Waals surface area contributed by atoms with E-state index in [4.69, 9.17) is 9.15 Å². The number of hydrogen-bond acceptors (Lipinski definition) is 4. The smallest absolute Gasteiger partial charge is 0.319 e. The highest BCUT2D eigenvalue weighted by Gasteiger charge is 2.27. The number of nitrogens with zero attached hydrogens (tertiary/aromatic N) is 1. The first-order valence-corrected chi connectivity index (χ1v) is 8.84. The molecule has 0 aliphatic carbocycles. The summed E-state index contributed by atoms with van der Waals surface area (Å²) in [6.45, 7) is 1.95. The minimum Gasteiger partial charge on any atom is -0.459 e. The van der Waals surface area contributed by atoms with Crippen molar-refractivity contribution in [3.05, 3.63) is 47.9 Å². The van der Waals surface area contributed by atoms with E-state index < -0.39 is 0 Å². The van der Waals surface area contributed by atoms with E-state index in [1.807, 2.05) is 18.2 Å². The number of hydrogen-bond donors (Lipinski definition) is 2. The SMILES string of the molecule is O=C(Nc1ccc2c(c1)N(C(=O)c1ccco1)CC2)NC1CCOCC1. The third-order valence-corrected chi connectivity index (χ3v) is 4.77. The predicted octanol–water partition coefficient (Wildman–Crippen LogP) is 2.78. The van der Waals surface area contributed by atoms with Gasteiger partial charge in [-0.05, 0) is 49.1 Å². The molecule has 1 aromatic carbocycles. The second kappa shape index (κ2) is 7.21. The second-order valence-corrected chi connectivity index (χ2v) is 6.51. The van der Waals surface area contributed by atoms with Crippen LogP contribution in [0.2, 0.25) is 0 Å². The standard InChI is InChI=1S/C19H21N3O4/c23-18(17-2-1-9-26-17)22-8-5-13-3-4-15(12-16(13)22)21-19(24)20-14-6-10-25-11-7-14/h1-4,9,12,14H,5-8,10-11H2,(H2,20,21,24). The normalized spacial score (nSPS) is 17.0. The molecule has 2 aliphatic rings. The summed E-state index contributed by atoms with van der Waals surface area (Å²) in [4.78, 5) is 26.5. The minimum atomic E-state index is -0.237. The first-order chi connectivity index (χ1) is 12.7. The van der Waals surface area contributed by atoms with Crippen molar-refractivity contribution in [2.24, 2.45) is 0 Å². The Balaban J connectivity index is 1.45. The zero-order valence-electron chi connectivity index (χ0n) is 14.4. The third kappa shape index (κ3) is 3.43. The Bertz CT molecular complexity index is 797. The molecule has 26 heavy (non-hydrogen) atoms. The van der Waals surface area contributed by atoms with Crippen molar-refractivity contribution in [3.8, 4) is 0 Å². The molecule has 2 aliphatic heterocycles. The number of nitrogens with one attached hydrogen (secondary N) is 2. The number of fused-ring (bicyclic) bond motifs is 1. The van der Waals surface area contributed by atoms with Gasteiger partial charge in [-0.15, -0.1) is 0 Å². The number of anilines is 2. The van der Waals surface area contributed by atoms with E-state index in [1.165, 1.54) is 6.26 Å². The average molecular weight is 355 g/mol. The van der Waals surface area contributed by atoms with E-state index in [-0.39, 0.29) is 18.0 Å². The van der Waals surface area contributed by atoms with Gasteiger partial charge in [0.1, 0.15) is 0 Å². The number of urea groups is 1. The van der Waals surface area contributed by atoms with Gasteiger partial charge in [-0.3, -0.25) is 4.79 Å². The number of carbonyl (C=O) groups is 2. The van der Waals surface area contributed by atoms with Crippen molar-refractivity contribution in [1.82, 2.24) is 5.32 Å². The molecule has 7 nitrogen and oxygen atoms in total. The van der Waals surface area contributed by atoms with Gasteiger partial charge in [0.2, 0.25) is 0 Å². The van der Waals surface area contributed by atoms with E-state index in [0.29, 0.717) is 31.2 Å². The summed E-state index contributed by atoms with van der Waals surface area (Å²) < 4.78 is 10.5. The van der Waals surface area contributed by atoms with Crippen LogP contribution in [0.3, 0.4) is 0 Å². The summed E-state index contributed by atoms with van der Waals surface area (Å²) in [6.07, 6.45) is 3.92. The van der Waals surface area contributed by atoms with Crippen LogP contribution in [0.25, 0.3) is 0 Å². The molecule has 4 rings (SSSR count). The van der Waals surface area contributed by atoms with E-state index in [1.54, 1.807) is 17.0 Å². The van der Waals surface area contributed by atoms with Crippen LogP contribution in [-0.2, 0) is 11.2 Å². The molecule has 3 heterocycles. The molecule has 1 saturated heterocycles. The predicted molar refractivity (Wildman–Crippen MR) is 96.5 cm³/mol. The van der Waals surface area contributed by atoms with E-state index in [2.05, 4.69) is 10.6 Å². The Morgan fingerprint density at radius 1 is 1.15 bits per heavy atom. The van der Waals surface area contributed by atoms with Gasteiger partial charge in [0, 0.05) is 37.2 Å². The summed E-state index contributed by atoms with van der Waals surface area (Å²) >= 11 is 0. The summed E-state index contributed by atoms with van der Waals surface area (Å²) in [5.41, 5.74) is 2.56. The van der Waals surface area contributed by atoms with E-state index in [9.17, 15) is 9.59 Å². The van der Waals surface area contributed by atoms with Crippen LogP contribution in [0.15, 0.2) is 41.0 Å². The molecule has 1 fully saturated rings. The molecule has 0 bridgehead atoms. The molecule has 7 heteroatoms. The van der Waals surface area contributed by atoms with Crippen molar-refractivity contribution in [2.45, 2.75) is 25.3 Å². The number of ether oxygens (including phenoxy) is 1. The van der Waals surface area contributed by atoms with Crippen molar-refractivity contribution in [3.63, 3.8) is 0 Å². The van der Waals surface area contributed by atoms with Crippen LogP contribution < -0.4 is 15.5 Å². The lowest BCUT2D eigenvalue weighted by molar-refractivity contribution is 0.0806. The lowest BCUT2D eigenvalue weighted by Crippen LogP contribution is -2.41. The van der Waals surface area contributed by atoms with Crippen LogP contribution in [-0.4, -0.2) is 37.7 Å². The van der Waals surface area contributed by atoms with Gasteiger partial charge in [0.15, 0.2) is 5.76 Å². The average Bonchev–Trinajstić information content (AvgIpc) is 3.32. The van der Waals surface area contributed by atoms with Gasteiger partial charge < -0.3 is 24.7 Å². The molecule has 3 amide bonds. The Labute approximate surface area is 151 Å². The molecule has 0 atom stereocenters. The second-order valence-electron chi connectivity index (χ2n) is 6.51. The quantitative estimate of drug-likeness (QED) is 0.887. The topological polar surface area (TPSA) is 83.8 Å². The Kier molecular flexibility index (Phi) is 4.62. The third-order valence-electron chi connectivity index (χ3n) is 4.77.